The average molecular weight is 357 g/mol. The molecule has 0 atom stereocenters. The number of benzene rings is 2. The summed E-state index contributed by atoms with van der Waals surface area (Å²) in [5, 5.41) is 9.74. The maximum atomic E-state index is 14.1. The fourth-order valence-corrected chi connectivity index (χ4v) is 3.32. The minimum Gasteiger partial charge on any atom is -0.445 e. The topological polar surface area (TPSA) is 49.8 Å². The molecule has 2 aromatic rings. The monoisotopic (exact) mass is 357 g/mol. The molecule has 3 rings (SSSR count). The van der Waals surface area contributed by atoms with Crippen molar-refractivity contribution in [1.82, 2.24) is 4.90 Å². The molecule has 1 saturated carbocycles. The molecule has 0 radical (unpaired) electrons. The summed E-state index contributed by atoms with van der Waals surface area (Å²) in [4.78, 5) is 14.3. The van der Waals surface area contributed by atoms with E-state index in [9.17, 15) is 14.3 Å². The van der Waals surface area contributed by atoms with Crippen molar-refractivity contribution in [2.45, 2.75) is 51.0 Å². The molecule has 1 N–H and O–H groups in total. The van der Waals surface area contributed by atoms with Gasteiger partial charge in [0.25, 0.3) is 0 Å². The van der Waals surface area contributed by atoms with Crippen molar-refractivity contribution < 1.29 is 19.0 Å². The number of ether oxygens (including phenoxy) is 1. The third-order valence-electron chi connectivity index (χ3n) is 4.85. The van der Waals surface area contributed by atoms with Crippen LogP contribution in [0.3, 0.4) is 0 Å². The van der Waals surface area contributed by atoms with Gasteiger partial charge in [-0.2, -0.15) is 0 Å². The second-order valence-corrected chi connectivity index (χ2v) is 6.72. The van der Waals surface area contributed by atoms with Gasteiger partial charge in [0.05, 0.1) is 12.6 Å². The minimum absolute atomic E-state index is 0.0544. The molecule has 0 aromatic heterocycles. The molecule has 2 aromatic carbocycles. The molecule has 26 heavy (non-hydrogen) atoms. The molecule has 0 aliphatic heterocycles. The Morgan fingerprint density at radius 3 is 2.38 bits per heavy atom. The highest BCUT2D eigenvalue weighted by Gasteiger charge is 2.29. The Balaban J connectivity index is 1.71. The molecule has 0 bridgehead atoms. The van der Waals surface area contributed by atoms with Crippen molar-refractivity contribution in [1.29, 1.82) is 0 Å². The van der Waals surface area contributed by atoms with Crippen molar-refractivity contribution >= 4 is 6.09 Å². The Bertz CT molecular complexity index is 714. The Kier molecular flexibility index (Phi) is 6.23. The summed E-state index contributed by atoms with van der Waals surface area (Å²) >= 11 is 0. The highest BCUT2D eigenvalue weighted by Crippen LogP contribution is 2.26. The molecule has 1 aliphatic carbocycles. The number of nitrogens with zero attached hydrogens (tertiary/aromatic N) is 1. The Morgan fingerprint density at radius 1 is 1.04 bits per heavy atom. The molecule has 4 nitrogen and oxygen atoms in total. The lowest BCUT2D eigenvalue weighted by molar-refractivity contribution is 0.0458. The van der Waals surface area contributed by atoms with Gasteiger partial charge >= 0.3 is 6.09 Å². The van der Waals surface area contributed by atoms with Crippen LogP contribution in [0.2, 0.25) is 0 Å². The van der Waals surface area contributed by atoms with E-state index in [4.69, 9.17) is 4.74 Å². The molecule has 0 heterocycles. The summed E-state index contributed by atoms with van der Waals surface area (Å²) in [6.45, 7) is 0.351. The van der Waals surface area contributed by atoms with E-state index in [-0.39, 0.29) is 31.1 Å². The predicted molar refractivity (Wildman–Crippen MR) is 96.8 cm³/mol. The first-order valence-corrected chi connectivity index (χ1v) is 9.02. The van der Waals surface area contributed by atoms with Gasteiger partial charge in [0, 0.05) is 11.6 Å². The van der Waals surface area contributed by atoms with Crippen LogP contribution < -0.4 is 0 Å². The van der Waals surface area contributed by atoms with E-state index < -0.39 is 6.09 Å². The van der Waals surface area contributed by atoms with Crippen molar-refractivity contribution in [2.75, 3.05) is 0 Å². The SMILES string of the molecule is O=C(OCc1ccccc1)N(Cc1ccccc1F)C1CCC(O)CC1. The number of amides is 1. The maximum absolute atomic E-state index is 14.1. The van der Waals surface area contributed by atoms with Crippen LogP contribution in [0.1, 0.15) is 36.8 Å². The fourth-order valence-electron chi connectivity index (χ4n) is 3.32. The third kappa shape index (κ3) is 4.82. The van der Waals surface area contributed by atoms with Crippen LogP contribution in [0.4, 0.5) is 9.18 Å². The summed E-state index contributed by atoms with van der Waals surface area (Å²) in [7, 11) is 0. The standard InChI is InChI=1S/C21H24FNO3/c22-20-9-5-4-8-17(20)14-23(18-10-12-19(24)13-11-18)21(25)26-15-16-6-2-1-3-7-16/h1-9,18-19,24H,10-15H2. The first kappa shape index (κ1) is 18.4. The smallest absolute Gasteiger partial charge is 0.410 e. The summed E-state index contributed by atoms with van der Waals surface area (Å²) in [6, 6.07) is 15.9. The minimum atomic E-state index is -0.446. The average Bonchev–Trinajstić information content (AvgIpc) is 2.67. The van der Waals surface area contributed by atoms with Crippen molar-refractivity contribution in [3.63, 3.8) is 0 Å². The lowest BCUT2D eigenvalue weighted by Crippen LogP contribution is -2.43. The van der Waals surface area contributed by atoms with E-state index in [1.165, 1.54) is 6.07 Å². The molecule has 5 heteroatoms. The van der Waals surface area contributed by atoms with Crippen molar-refractivity contribution in [3.8, 4) is 0 Å². The van der Waals surface area contributed by atoms with Crippen LogP contribution in [0, 0.1) is 5.82 Å². The zero-order valence-corrected chi connectivity index (χ0v) is 14.7. The molecule has 0 saturated heterocycles. The zero-order valence-electron chi connectivity index (χ0n) is 14.7. The van der Waals surface area contributed by atoms with Gasteiger partial charge in [-0.25, -0.2) is 9.18 Å². The van der Waals surface area contributed by atoms with E-state index >= 15 is 0 Å². The number of carbonyl (C=O) groups excluding carboxylic acids is 1. The normalized spacial score (nSPS) is 19.8. The van der Waals surface area contributed by atoms with Gasteiger partial charge in [0.2, 0.25) is 0 Å². The van der Waals surface area contributed by atoms with Gasteiger partial charge in [-0.3, -0.25) is 0 Å². The van der Waals surface area contributed by atoms with Gasteiger partial charge in [-0.05, 0) is 37.3 Å². The second kappa shape index (κ2) is 8.81. The Labute approximate surface area is 153 Å². The molecule has 0 spiro atoms. The predicted octanol–water partition coefficient (Wildman–Crippen LogP) is 4.27. The van der Waals surface area contributed by atoms with Gasteiger partial charge in [0.1, 0.15) is 12.4 Å². The number of aliphatic hydroxyl groups excluding tert-OH is 1. The van der Waals surface area contributed by atoms with E-state index in [0.717, 1.165) is 5.56 Å². The van der Waals surface area contributed by atoms with Gasteiger partial charge < -0.3 is 14.7 Å². The number of hydrogen-bond donors (Lipinski definition) is 1. The fraction of sp³-hybridized carbons (Fsp3) is 0.381. The molecule has 0 unspecified atom stereocenters. The molecule has 1 amide bonds. The van der Waals surface area contributed by atoms with E-state index in [0.29, 0.717) is 31.2 Å². The van der Waals surface area contributed by atoms with Crippen LogP contribution in [-0.2, 0) is 17.9 Å². The van der Waals surface area contributed by atoms with Gasteiger partial charge in [-0.1, -0.05) is 48.5 Å². The third-order valence-corrected chi connectivity index (χ3v) is 4.85. The number of hydrogen-bond acceptors (Lipinski definition) is 3. The largest absolute Gasteiger partial charge is 0.445 e. The summed E-state index contributed by atoms with van der Waals surface area (Å²) in [6.07, 6.45) is 1.90. The van der Waals surface area contributed by atoms with E-state index in [1.807, 2.05) is 30.3 Å². The van der Waals surface area contributed by atoms with Crippen LogP contribution in [0.15, 0.2) is 54.6 Å². The molecule has 1 aliphatic rings. The maximum Gasteiger partial charge on any atom is 0.410 e. The molecular formula is C21H24FNO3. The lowest BCUT2D eigenvalue weighted by atomic mass is 9.92. The highest BCUT2D eigenvalue weighted by atomic mass is 19.1. The molecule has 138 valence electrons. The number of carbonyl (C=O) groups is 1. The second-order valence-electron chi connectivity index (χ2n) is 6.72. The Hall–Kier alpha value is -2.40. The summed E-state index contributed by atoms with van der Waals surface area (Å²) < 4.78 is 19.6. The zero-order chi connectivity index (χ0) is 18.4. The van der Waals surface area contributed by atoms with Crippen molar-refractivity contribution in [3.05, 3.63) is 71.5 Å². The first-order chi connectivity index (χ1) is 12.6. The Morgan fingerprint density at radius 2 is 1.69 bits per heavy atom. The van der Waals surface area contributed by atoms with Crippen molar-refractivity contribution in [2.24, 2.45) is 0 Å². The number of rotatable bonds is 5. The quantitative estimate of drug-likeness (QED) is 0.869. The van der Waals surface area contributed by atoms with Gasteiger partial charge in [-0.15, -0.1) is 0 Å². The molecular weight excluding hydrogens is 333 g/mol. The number of aliphatic hydroxyl groups is 1. The van der Waals surface area contributed by atoms with Crippen LogP contribution >= 0.6 is 0 Å². The summed E-state index contributed by atoms with van der Waals surface area (Å²) in [5.41, 5.74) is 1.38. The van der Waals surface area contributed by atoms with E-state index in [2.05, 4.69) is 0 Å². The van der Waals surface area contributed by atoms with Crippen LogP contribution in [-0.4, -0.2) is 28.2 Å². The van der Waals surface area contributed by atoms with Crippen LogP contribution in [0.25, 0.3) is 0 Å². The van der Waals surface area contributed by atoms with Gasteiger partial charge in [0.15, 0.2) is 0 Å². The first-order valence-electron chi connectivity index (χ1n) is 9.02. The highest BCUT2D eigenvalue weighted by molar-refractivity contribution is 5.68. The number of halogens is 1. The van der Waals surface area contributed by atoms with E-state index in [1.54, 1.807) is 23.1 Å². The summed E-state index contributed by atoms with van der Waals surface area (Å²) in [5.74, 6) is -0.329. The molecule has 1 fully saturated rings. The lowest BCUT2D eigenvalue weighted by Gasteiger charge is -2.35. The van der Waals surface area contributed by atoms with Crippen LogP contribution in [0.5, 0.6) is 0 Å².